The normalized spacial score (nSPS) is 10.4. The predicted octanol–water partition coefficient (Wildman–Crippen LogP) is 3.83. The highest BCUT2D eigenvalue weighted by molar-refractivity contribution is 5.94. The summed E-state index contributed by atoms with van der Waals surface area (Å²) in [6, 6.07) is 15.7. The zero-order valence-corrected chi connectivity index (χ0v) is 16.7. The number of aryl methyl sites for hydroxylation is 1. The molecule has 2 aromatic rings. The number of hydrogen-bond acceptors (Lipinski definition) is 3. The summed E-state index contributed by atoms with van der Waals surface area (Å²) < 4.78 is 0. The molecule has 0 heterocycles. The lowest BCUT2D eigenvalue weighted by atomic mass is 10.1. The molecule has 1 N–H and O–H groups in total. The Morgan fingerprint density at radius 2 is 1.67 bits per heavy atom. The number of anilines is 2. The average molecular weight is 367 g/mol. The number of amides is 2. The summed E-state index contributed by atoms with van der Waals surface area (Å²) in [5, 5.41) is 2.88. The van der Waals surface area contributed by atoms with E-state index >= 15 is 0 Å². The molecule has 0 bridgehead atoms. The maximum absolute atomic E-state index is 12.4. The molecule has 0 fully saturated rings. The van der Waals surface area contributed by atoms with Gasteiger partial charge in [0.1, 0.15) is 6.54 Å². The Balaban J connectivity index is 1.98. The van der Waals surface area contributed by atoms with E-state index in [1.165, 1.54) is 6.92 Å². The largest absolute Gasteiger partial charge is 0.372 e. The maximum atomic E-state index is 12.4. The van der Waals surface area contributed by atoms with Crippen molar-refractivity contribution in [3.8, 4) is 0 Å². The van der Waals surface area contributed by atoms with Gasteiger partial charge in [0.25, 0.3) is 0 Å². The maximum Gasteiger partial charge on any atom is 0.244 e. The highest BCUT2D eigenvalue weighted by Gasteiger charge is 2.14. The molecule has 2 aromatic carbocycles. The second kappa shape index (κ2) is 9.76. The summed E-state index contributed by atoms with van der Waals surface area (Å²) in [7, 11) is 0. The second-order valence-corrected chi connectivity index (χ2v) is 6.63. The minimum Gasteiger partial charge on any atom is -0.372 e. The van der Waals surface area contributed by atoms with Gasteiger partial charge in [0.2, 0.25) is 11.8 Å². The fourth-order valence-corrected chi connectivity index (χ4v) is 3.03. The third kappa shape index (κ3) is 6.13. The third-order valence-corrected chi connectivity index (χ3v) is 4.52. The van der Waals surface area contributed by atoms with E-state index < -0.39 is 0 Å². The van der Waals surface area contributed by atoms with Gasteiger partial charge in [0.15, 0.2) is 0 Å². The molecule has 2 amide bonds. The van der Waals surface area contributed by atoms with Crippen LogP contribution < -0.4 is 10.2 Å². The van der Waals surface area contributed by atoms with Gasteiger partial charge in [-0.05, 0) is 50.6 Å². The first-order chi connectivity index (χ1) is 12.9. The predicted molar refractivity (Wildman–Crippen MR) is 111 cm³/mol. The molecule has 0 unspecified atom stereocenters. The smallest absolute Gasteiger partial charge is 0.244 e. The Labute approximate surface area is 162 Å². The van der Waals surface area contributed by atoms with E-state index in [4.69, 9.17) is 0 Å². The molecule has 0 saturated heterocycles. The van der Waals surface area contributed by atoms with Crippen molar-refractivity contribution in [3.63, 3.8) is 0 Å². The van der Waals surface area contributed by atoms with E-state index in [-0.39, 0.29) is 18.4 Å². The minimum atomic E-state index is -0.201. The summed E-state index contributed by atoms with van der Waals surface area (Å²) in [6.07, 6.45) is 0. The van der Waals surface area contributed by atoms with Crippen LogP contribution >= 0.6 is 0 Å². The molecule has 0 aliphatic heterocycles. The van der Waals surface area contributed by atoms with Crippen LogP contribution in [-0.2, 0) is 16.1 Å². The fourth-order valence-electron chi connectivity index (χ4n) is 3.03. The first-order valence-electron chi connectivity index (χ1n) is 9.38. The number of nitrogens with zero attached hydrogens (tertiary/aromatic N) is 2. The van der Waals surface area contributed by atoms with Gasteiger partial charge in [-0.15, -0.1) is 0 Å². The van der Waals surface area contributed by atoms with Crippen LogP contribution in [0.2, 0.25) is 0 Å². The molecule has 0 aliphatic carbocycles. The van der Waals surface area contributed by atoms with Gasteiger partial charge in [-0.25, -0.2) is 0 Å². The van der Waals surface area contributed by atoms with Crippen LogP contribution in [0, 0.1) is 6.92 Å². The summed E-state index contributed by atoms with van der Waals surface area (Å²) in [4.78, 5) is 28.1. The Morgan fingerprint density at radius 3 is 2.22 bits per heavy atom. The number of benzene rings is 2. The molecule has 0 saturated carbocycles. The molecule has 144 valence electrons. The number of nitrogens with one attached hydrogen (secondary N) is 1. The Kier molecular flexibility index (Phi) is 7.41. The zero-order valence-electron chi connectivity index (χ0n) is 16.7. The van der Waals surface area contributed by atoms with E-state index in [1.807, 2.05) is 55.5 Å². The van der Waals surface area contributed by atoms with Crippen molar-refractivity contribution in [2.24, 2.45) is 0 Å². The number of hydrogen-bond donors (Lipinski definition) is 1. The van der Waals surface area contributed by atoms with E-state index in [0.717, 1.165) is 35.6 Å². The molecule has 5 nitrogen and oxygen atoms in total. The molecular formula is C22H29N3O2. The third-order valence-electron chi connectivity index (χ3n) is 4.52. The Bertz CT molecular complexity index is 767. The Morgan fingerprint density at radius 1 is 1.00 bits per heavy atom. The standard InChI is InChI=1S/C22H29N3O2/c1-5-24(6-2)21-12-10-20(11-13-21)23-22(27)16-25(18(4)26)15-19-9-7-8-17(3)14-19/h7-14H,5-6,15-16H2,1-4H3,(H,23,27). The quantitative estimate of drug-likeness (QED) is 0.771. The van der Waals surface area contributed by atoms with Crippen molar-refractivity contribution < 1.29 is 9.59 Å². The number of carbonyl (C=O) groups is 2. The van der Waals surface area contributed by atoms with Crippen molar-refractivity contribution in [1.29, 1.82) is 0 Å². The molecule has 0 aliphatic rings. The lowest BCUT2D eigenvalue weighted by molar-refractivity contribution is -0.133. The summed E-state index contributed by atoms with van der Waals surface area (Å²) in [5.41, 5.74) is 4.01. The SMILES string of the molecule is CCN(CC)c1ccc(NC(=O)CN(Cc2cccc(C)c2)C(C)=O)cc1. The van der Waals surface area contributed by atoms with E-state index in [9.17, 15) is 9.59 Å². The monoisotopic (exact) mass is 367 g/mol. The molecule has 0 atom stereocenters. The molecule has 0 spiro atoms. The van der Waals surface area contributed by atoms with Gasteiger partial charge in [0.05, 0.1) is 0 Å². The topological polar surface area (TPSA) is 52.7 Å². The molecule has 2 rings (SSSR count). The summed E-state index contributed by atoms with van der Waals surface area (Å²) in [5.74, 6) is -0.322. The first-order valence-corrected chi connectivity index (χ1v) is 9.38. The lowest BCUT2D eigenvalue weighted by Crippen LogP contribution is -2.36. The number of rotatable bonds is 8. The van der Waals surface area contributed by atoms with Crippen LogP contribution in [0.15, 0.2) is 48.5 Å². The van der Waals surface area contributed by atoms with Gasteiger partial charge < -0.3 is 15.1 Å². The lowest BCUT2D eigenvalue weighted by Gasteiger charge is -2.22. The average Bonchev–Trinajstić information content (AvgIpc) is 2.63. The van der Waals surface area contributed by atoms with Crippen LogP contribution in [0.1, 0.15) is 31.9 Å². The van der Waals surface area contributed by atoms with Gasteiger partial charge in [0, 0.05) is 37.9 Å². The van der Waals surface area contributed by atoms with Gasteiger partial charge in [-0.2, -0.15) is 0 Å². The summed E-state index contributed by atoms with van der Waals surface area (Å²) >= 11 is 0. The van der Waals surface area contributed by atoms with E-state index in [0.29, 0.717) is 6.54 Å². The zero-order chi connectivity index (χ0) is 19.8. The van der Waals surface area contributed by atoms with E-state index in [1.54, 1.807) is 4.90 Å². The molecule has 0 radical (unpaired) electrons. The van der Waals surface area contributed by atoms with Crippen LogP contribution in [0.4, 0.5) is 11.4 Å². The summed E-state index contributed by atoms with van der Waals surface area (Å²) in [6.45, 7) is 10.1. The first kappa shape index (κ1) is 20.5. The second-order valence-electron chi connectivity index (χ2n) is 6.63. The van der Waals surface area contributed by atoms with Crippen molar-refractivity contribution in [1.82, 2.24) is 4.90 Å². The molecule has 27 heavy (non-hydrogen) atoms. The number of carbonyl (C=O) groups excluding carboxylic acids is 2. The Hall–Kier alpha value is -2.82. The molecule has 0 aromatic heterocycles. The van der Waals surface area contributed by atoms with Crippen LogP contribution in [0.25, 0.3) is 0 Å². The van der Waals surface area contributed by atoms with Gasteiger partial charge in [-0.1, -0.05) is 29.8 Å². The van der Waals surface area contributed by atoms with Crippen molar-refractivity contribution in [2.45, 2.75) is 34.2 Å². The minimum absolute atomic E-state index is 0.0288. The van der Waals surface area contributed by atoms with Gasteiger partial charge >= 0.3 is 0 Å². The highest BCUT2D eigenvalue weighted by atomic mass is 16.2. The van der Waals surface area contributed by atoms with Crippen LogP contribution in [0.5, 0.6) is 0 Å². The van der Waals surface area contributed by atoms with Crippen LogP contribution in [0.3, 0.4) is 0 Å². The van der Waals surface area contributed by atoms with Gasteiger partial charge in [-0.3, -0.25) is 9.59 Å². The highest BCUT2D eigenvalue weighted by Crippen LogP contribution is 2.18. The van der Waals surface area contributed by atoms with Crippen molar-refractivity contribution >= 4 is 23.2 Å². The van der Waals surface area contributed by atoms with Crippen molar-refractivity contribution in [3.05, 3.63) is 59.7 Å². The molecule has 5 heteroatoms. The van der Waals surface area contributed by atoms with Crippen molar-refractivity contribution in [2.75, 3.05) is 29.9 Å². The van der Waals surface area contributed by atoms with Crippen LogP contribution in [-0.4, -0.2) is 36.3 Å². The fraction of sp³-hybridized carbons (Fsp3) is 0.364. The van der Waals surface area contributed by atoms with E-state index in [2.05, 4.69) is 24.1 Å². The molecular weight excluding hydrogens is 338 g/mol.